The van der Waals surface area contributed by atoms with Crippen LogP contribution < -0.4 is 10.1 Å². The van der Waals surface area contributed by atoms with Crippen LogP contribution >= 0.6 is 0 Å². The maximum Gasteiger partial charge on any atom is 0.247 e. The van der Waals surface area contributed by atoms with E-state index in [9.17, 15) is 0 Å². The molecule has 0 fully saturated rings. The first-order valence-corrected chi connectivity index (χ1v) is 7.02. The summed E-state index contributed by atoms with van der Waals surface area (Å²) in [6.45, 7) is 2.54. The minimum Gasteiger partial charge on any atom is -0.497 e. The minimum absolute atomic E-state index is 0.486. The molecule has 1 heterocycles. The van der Waals surface area contributed by atoms with Gasteiger partial charge in [-0.15, -0.1) is 10.2 Å². The first-order valence-electron chi connectivity index (χ1n) is 7.02. The van der Waals surface area contributed by atoms with Crippen LogP contribution in [0, 0.1) is 6.92 Å². The van der Waals surface area contributed by atoms with Gasteiger partial charge in [-0.3, -0.25) is 0 Å². The summed E-state index contributed by atoms with van der Waals surface area (Å²) in [7, 11) is 1.63. The Morgan fingerprint density at radius 2 is 1.91 bits per heavy atom. The smallest absolute Gasteiger partial charge is 0.247 e. The Labute approximate surface area is 129 Å². The molecule has 5 heteroatoms. The number of methoxy groups -OCH3 is 1. The molecular weight excluding hydrogens is 278 g/mol. The first kappa shape index (κ1) is 14.1. The molecule has 1 aromatic heterocycles. The van der Waals surface area contributed by atoms with Crippen molar-refractivity contribution in [1.82, 2.24) is 10.2 Å². The summed E-state index contributed by atoms with van der Waals surface area (Å²) in [5, 5.41) is 11.4. The summed E-state index contributed by atoms with van der Waals surface area (Å²) < 4.78 is 10.9. The fraction of sp³-hybridized carbons (Fsp3) is 0.176. The predicted molar refractivity (Wildman–Crippen MR) is 84.8 cm³/mol. The molecule has 2 aromatic carbocycles. The molecule has 0 atom stereocenters. The van der Waals surface area contributed by atoms with Crippen LogP contribution in [0.3, 0.4) is 0 Å². The van der Waals surface area contributed by atoms with E-state index >= 15 is 0 Å². The lowest BCUT2D eigenvalue weighted by Gasteiger charge is -2.03. The Balaban J connectivity index is 1.69. The summed E-state index contributed by atoms with van der Waals surface area (Å²) in [5.74, 6) is 1.79. The number of aromatic nitrogens is 2. The SMILES string of the molecule is COc1cccc(-c2nnc(CNc3ccc(C)cc3)o2)c1. The molecule has 0 aliphatic carbocycles. The van der Waals surface area contributed by atoms with Crippen LogP contribution in [0.15, 0.2) is 52.9 Å². The van der Waals surface area contributed by atoms with Gasteiger partial charge in [-0.2, -0.15) is 0 Å². The van der Waals surface area contributed by atoms with Crippen molar-refractivity contribution in [3.05, 3.63) is 60.0 Å². The zero-order valence-electron chi connectivity index (χ0n) is 12.5. The average molecular weight is 295 g/mol. The first-order chi connectivity index (χ1) is 10.7. The summed E-state index contributed by atoms with van der Waals surface area (Å²) in [5.41, 5.74) is 3.09. The van der Waals surface area contributed by atoms with Gasteiger partial charge in [-0.1, -0.05) is 23.8 Å². The van der Waals surface area contributed by atoms with Crippen molar-refractivity contribution in [2.24, 2.45) is 0 Å². The zero-order chi connectivity index (χ0) is 15.4. The highest BCUT2D eigenvalue weighted by atomic mass is 16.5. The molecule has 1 N–H and O–H groups in total. The molecule has 0 aliphatic heterocycles. The Morgan fingerprint density at radius 1 is 1.09 bits per heavy atom. The highest BCUT2D eigenvalue weighted by Crippen LogP contribution is 2.22. The normalized spacial score (nSPS) is 10.5. The second kappa shape index (κ2) is 6.30. The second-order valence-corrected chi connectivity index (χ2v) is 4.95. The van der Waals surface area contributed by atoms with E-state index in [0.29, 0.717) is 18.3 Å². The van der Waals surface area contributed by atoms with E-state index in [0.717, 1.165) is 17.0 Å². The van der Waals surface area contributed by atoms with E-state index < -0.39 is 0 Å². The lowest BCUT2D eigenvalue weighted by atomic mass is 10.2. The number of anilines is 1. The quantitative estimate of drug-likeness (QED) is 0.778. The average Bonchev–Trinajstić information content (AvgIpc) is 3.03. The van der Waals surface area contributed by atoms with Crippen molar-refractivity contribution in [3.63, 3.8) is 0 Å². The van der Waals surface area contributed by atoms with Crippen molar-refractivity contribution in [1.29, 1.82) is 0 Å². The van der Waals surface area contributed by atoms with Gasteiger partial charge in [-0.25, -0.2) is 0 Å². The Bertz CT molecular complexity index is 751. The monoisotopic (exact) mass is 295 g/mol. The number of hydrogen-bond donors (Lipinski definition) is 1. The maximum atomic E-state index is 5.67. The van der Waals surface area contributed by atoms with Crippen molar-refractivity contribution < 1.29 is 9.15 Å². The summed E-state index contributed by atoms with van der Waals surface area (Å²) in [4.78, 5) is 0. The van der Waals surface area contributed by atoms with Crippen LogP contribution in [0.1, 0.15) is 11.5 Å². The third-order valence-electron chi connectivity index (χ3n) is 3.28. The number of benzene rings is 2. The molecule has 0 unspecified atom stereocenters. The van der Waals surface area contributed by atoms with Crippen LogP contribution in [-0.4, -0.2) is 17.3 Å². The molecule has 0 radical (unpaired) electrons. The van der Waals surface area contributed by atoms with E-state index in [-0.39, 0.29) is 0 Å². The Hall–Kier alpha value is -2.82. The highest BCUT2D eigenvalue weighted by Gasteiger charge is 2.09. The third kappa shape index (κ3) is 3.25. The van der Waals surface area contributed by atoms with E-state index in [1.165, 1.54) is 5.56 Å². The fourth-order valence-electron chi connectivity index (χ4n) is 2.05. The van der Waals surface area contributed by atoms with Crippen LogP contribution in [0.25, 0.3) is 11.5 Å². The number of hydrogen-bond acceptors (Lipinski definition) is 5. The number of nitrogens with one attached hydrogen (secondary N) is 1. The number of rotatable bonds is 5. The maximum absolute atomic E-state index is 5.67. The van der Waals surface area contributed by atoms with Crippen molar-refractivity contribution in [2.75, 3.05) is 12.4 Å². The number of aryl methyl sites for hydroxylation is 1. The molecule has 3 aromatic rings. The molecule has 0 amide bonds. The van der Waals surface area contributed by atoms with E-state index in [4.69, 9.17) is 9.15 Å². The summed E-state index contributed by atoms with van der Waals surface area (Å²) >= 11 is 0. The lowest BCUT2D eigenvalue weighted by molar-refractivity contribution is 0.414. The number of nitrogens with zero attached hydrogens (tertiary/aromatic N) is 2. The van der Waals surface area contributed by atoms with Crippen molar-refractivity contribution in [3.8, 4) is 17.2 Å². The molecule has 22 heavy (non-hydrogen) atoms. The molecule has 112 valence electrons. The molecule has 0 saturated heterocycles. The van der Waals surface area contributed by atoms with Gasteiger partial charge in [0, 0.05) is 11.3 Å². The van der Waals surface area contributed by atoms with Crippen LogP contribution in [0.4, 0.5) is 5.69 Å². The minimum atomic E-state index is 0.486. The van der Waals surface area contributed by atoms with E-state index in [1.807, 2.05) is 36.4 Å². The van der Waals surface area contributed by atoms with Gasteiger partial charge in [0.05, 0.1) is 13.7 Å². The van der Waals surface area contributed by atoms with Crippen molar-refractivity contribution >= 4 is 5.69 Å². The molecule has 0 bridgehead atoms. The molecule has 5 nitrogen and oxygen atoms in total. The molecule has 0 saturated carbocycles. The Kier molecular flexibility index (Phi) is 4.05. The predicted octanol–water partition coefficient (Wildman–Crippen LogP) is 3.67. The number of ether oxygens (including phenoxy) is 1. The van der Waals surface area contributed by atoms with Gasteiger partial charge < -0.3 is 14.5 Å². The molecule has 0 spiro atoms. The van der Waals surface area contributed by atoms with Gasteiger partial charge in [0.15, 0.2) is 0 Å². The highest BCUT2D eigenvalue weighted by molar-refractivity contribution is 5.55. The van der Waals surface area contributed by atoms with E-state index in [2.05, 4.69) is 34.6 Å². The van der Waals surface area contributed by atoms with Gasteiger partial charge in [-0.05, 0) is 37.3 Å². The zero-order valence-corrected chi connectivity index (χ0v) is 12.5. The standard InChI is InChI=1S/C17H17N3O2/c1-12-6-8-14(9-7-12)18-11-16-19-20-17(22-16)13-4-3-5-15(10-13)21-2/h3-10,18H,11H2,1-2H3. The second-order valence-electron chi connectivity index (χ2n) is 4.95. The fourth-order valence-corrected chi connectivity index (χ4v) is 2.05. The van der Waals surface area contributed by atoms with Gasteiger partial charge in [0.2, 0.25) is 11.8 Å². The Morgan fingerprint density at radius 3 is 2.68 bits per heavy atom. The largest absolute Gasteiger partial charge is 0.497 e. The third-order valence-corrected chi connectivity index (χ3v) is 3.28. The van der Waals surface area contributed by atoms with Gasteiger partial charge in [0.25, 0.3) is 0 Å². The van der Waals surface area contributed by atoms with E-state index in [1.54, 1.807) is 7.11 Å². The van der Waals surface area contributed by atoms with Crippen LogP contribution in [0.5, 0.6) is 5.75 Å². The van der Waals surface area contributed by atoms with Gasteiger partial charge in [0.1, 0.15) is 5.75 Å². The summed E-state index contributed by atoms with van der Waals surface area (Å²) in [6.07, 6.45) is 0. The topological polar surface area (TPSA) is 60.2 Å². The summed E-state index contributed by atoms with van der Waals surface area (Å²) in [6, 6.07) is 15.7. The van der Waals surface area contributed by atoms with Crippen LogP contribution in [0.2, 0.25) is 0 Å². The molecular formula is C17H17N3O2. The lowest BCUT2D eigenvalue weighted by Crippen LogP contribution is -1.99. The van der Waals surface area contributed by atoms with Crippen LogP contribution in [-0.2, 0) is 6.54 Å². The van der Waals surface area contributed by atoms with Crippen molar-refractivity contribution in [2.45, 2.75) is 13.5 Å². The molecule has 3 rings (SSSR count). The van der Waals surface area contributed by atoms with Gasteiger partial charge >= 0.3 is 0 Å². The molecule has 0 aliphatic rings.